The van der Waals surface area contributed by atoms with Crippen molar-refractivity contribution < 1.29 is 14.3 Å². The molecule has 0 spiro atoms. The molecule has 1 amide bonds. The molecule has 0 fully saturated rings. The van der Waals surface area contributed by atoms with Crippen molar-refractivity contribution in [3.63, 3.8) is 0 Å². The Morgan fingerprint density at radius 2 is 1.85 bits per heavy atom. The molecular weight excluding hydrogens is 362 g/mol. The van der Waals surface area contributed by atoms with Gasteiger partial charge < -0.3 is 14.4 Å². The van der Waals surface area contributed by atoms with Gasteiger partial charge in [-0.3, -0.25) is 4.79 Å². The van der Waals surface area contributed by atoms with Gasteiger partial charge in [-0.2, -0.15) is 0 Å². The van der Waals surface area contributed by atoms with Crippen LogP contribution in [-0.2, 0) is 29.3 Å². The van der Waals surface area contributed by atoms with Gasteiger partial charge in [-0.05, 0) is 41.3 Å². The highest BCUT2D eigenvalue weighted by atomic mass is 35.5. The largest absolute Gasteiger partial charge is 0.491 e. The van der Waals surface area contributed by atoms with Crippen LogP contribution in [0.2, 0.25) is 5.02 Å². The van der Waals surface area contributed by atoms with Crippen molar-refractivity contribution in [2.45, 2.75) is 40.0 Å². The normalized spacial score (nSPS) is 13.9. The molecule has 4 nitrogen and oxygen atoms in total. The van der Waals surface area contributed by atoms with Crippen LogP contribution in [0.3, 0.4) is 0 Å². The van der Waals surface area contributed by atoms with Gasteiger partial charge in [0.1, 0.15) is 12.4 Å². The number of hydrogen-bond acceptors (Lipinski definition) is 3. The van der Waals surface area contributed by atoms with Crippen molar-refractivity contribution in [1.29, 1.82) is 0 Å². The molecule has 0 unspecified atom stereocenters. The van der Waals surface area contributed by atoms with Crippen LogP contribution in [0.5, 0.6) is 5.75 Å². The van der Waals surface area contributed by atoms with E-state index in [1.54, 1.807) is 0 Å². The number of halogens is 1. The second kappa shape index (κ2) is 9.25. The van der Waals surface area contributed by atoms with Gasteiger partial charge in [0.2, 0.25) is 5.91 Å². The number of rotatable bonds is 6. The van der Waals surface area contributed by atoms with Gasteiger partial charge in [0.05, 0.1) is 19.8 Å². The lowest BCUT2D eigenvalue weighted by Crippen LogP contribution is -2.33. The van der Waals surface area contributed by atoms with Crippen molar-refractivity contribution in [3.05, 3.63) is 64.2 Å². The fraction of sp³-hybridized carbons (Fsp3) is 0.409. The van der Waals surface area contributed by atoms with Gasteiger partial charge >= 0.3 is 0 Å². The van der Waals surface area contributed by atoms with Gasteiger partial charge in [0.25, 0.3) is 0 Å². The Kier molecular flexibility index (Phi) is 6.75. The molecule has 27 heavy (non-hydrogen) atoms. The lowest BCUT2D eigenvalue weighted by molar-refractivity contribution is -0.132. The number of ether oxygens (including phenoxy) is 2. The summed E-state index contributed by atoms with van der Waals surface area (Å²) in [5.41, 5.74) is 3.20. The van der Waals surface area contributed by atoms with Crippen LogP contribution in [0.15, 0.2) is 42.5 Å². The van der Waals surface area contributed by atoms with E-state index in [1.165, 1.54) is 0 Å². The standard InChI is InChI=1S/C22H26ClNO3/c1-16(2)11-22(25)24-9-10-27-21-8-5-18(12-19(21)13-24)15-26-14-17-3-6-20(23)7-4-17/h3-8,12,16H,9-11,13-15H2,1-2H3. The number of hydrogen-bond donors (Lipinski definition) is 0. The highest BCUT2D eigenvalue weighted by Gasteiger charge is 2.20. The Morgan fingerprint density at radius 1 is 1.15 bits per heavy atom. The molecule has 0 saturated heterocycles. The highest BCUT2D eigenvalue weighted by Crippen LogP contribution is 2.25. The van der Waals surface area contributed by atoms with E-state index in [1.807, 2.05) is 41.3 Å². The highest BCUT2D eigenvalue weighted by molar-refractivity contribution is 6.30. The third-order valence-electron chi connectivity index (χ3n) is 4.49. The zero-order valence-electron chi connectivity index (χ0n) is 15.9. The summed E-state index contributed by atoms with van der Waals surface area (Å²) < 4.78 is 11.7. The molecule has 0 aliphatic carbocycles. The number of amides is 1. The third kappa shape index (κ3) is 5.72. The number of carbonyl (C=O) groups excluding carboxylic acids is 1. The Hall–Kier alpha value is -2.04. The van der Waals surface area contributed by atoms with E-state index < -0.39 is 0 Å². The lowest BCUT2D eigenvalue weighted by Gasteiger charge is -2.21. The molecule has 0 N–H and O–H groups in total. The van der Waals surface area contributed by atoms with Crippen molar-refractivity contribution >= 4 is 17.5 Å². The molecule has 5 heteroatoms. The molecule has 144 valence electrons. The van der Waals surface area contributed by atoms with Gasteiger partial charge in [-0.25, -0.2) is 0 Å². The summed E-state index contributed by atoms with van der Waals surface area (Å²) in [6.07, 6.45) is 0.569. The Bertz CT molecular complexity index is 774. The summed E-state index contributed by atoms with van der Waals surface area (Å²) in [6.45, 7) is 6.92. The summed E-state index contributed by atoms with van der Waals surface area (Å²) in [5.74, 6) is 1.40. The Morgan fingerprint density at radius 3 is 2.59 bits per heavy atom. The van der Waals surface area contributed by atoms with E-state index in [4.69, 9.17) is 21.1 Å². The van der Waals surface area contributed by atoms with Crippen molar-refractivity contribution in [2.24, 2.45) is 5.92 Å². The van der Waals surface area contributed by atoms with E-state index >= 15 is 0 Å². The summed E-state index contributed by atoms with van der Waals surface area (Å²) in [7, 11) is 0. The van der Waals surface area contributed by atoms with Crippen LogP contribution in [0, 0.1) is 5.92 Å². The molecule has 2 aromatic rings. The second-order valence-electron chi connectivity index (χ2n) is 7.32. The second-order valence-corrected chi connectivity index (χ2v) is 7.76. The van der Waals surface area contributed by atoms with Crippen molar-refractivity contribution in [3.8, 4) is 5.75 Å². The van der Waals surface area contributed by atoms with Crippen LogP contribution in [0.25, 0.3) is 0 Å². The van der Waals surface area contributed by atoms with E-state index in [0.717, 1.165) is 27.5 Å². The monoisotopic (exact) mass is 387 g/mol. The maximum atomic E-state index is 12.4. The van der Waals surface area contributed by atoms with Gasteiger partial charge in [0.15, 0.2) is 0 Å². The zero-order chi connectivity index (χ0) is 19.2. The number of benzene rings is 2. The van der Waals surface area contributed by atoms with Crippen LogP contribution in [0.4, 0.5) is 0 Å². The maximum absolute atomic E-state index is 12.4. The maximum Gasteiger partial charge on any atom is 0.223 e. The van der Waals surface area contributed by atoms with Crippen LogP contribution in [0.1, 0.15) is 37.0 Å². The summed E-state index contributed by atoms with van der Waals surface area (Å²) in [5, 5.41) is 0.723. The van der Waals surface area contributed by atoms with Crippen molar-refractivity contribution in [1.82, 2.24) is 4.90 Å². The van der Waals surface area contributed by atoms with Crippen LogP contribution in [-0.4, -0.2) is 24.0 Å². The number of nitrogens with zero attached hydrogens (tertiary/aromatic N) is 1. The van der Waals surface area contributed by atoms with E-state index in [-0.39, 0.29) is 5.91 Å². The number of fused-ring (bicyclic) bond motifs is 1. The molecule has 3 rings (SSSR count). The van der Waals surface area contributed by atoms with Crippen molar-refractivity contribution in [2.75, 3.05) is 13.2 Å². The number of carbonyl (C=O) groups is 1. The fourth-order valence-electron chi connectivity index (χ4n) is 3.10. The lowest BCUT2D eigenvalue weighted by atomic mass is 10.1. The molecule has 1 heterocycles. The Balaban J connectivity index is 1.61. The third-order valence-corrected chi connectivity index (χ3v) is 4.74. The van der Waals surface area contributed by atoms with Gasteiger partial charge in [-0.15, -0.1) is 0 Å². The molecular formula is C22H26ClNO3. The average Bonchev–Trinajstić information content (AvgIpc) is 2.85. The van der Waals surface area contributed by atoms with Gasteiger partial charge in [0, 0.05) is 23.6 Å². The average molecular weight is 388 g/mol. The fourth-order valence-corrected chi connectivity index (χ4v) is 3.22. The molecule has 0 radical (unpaired) electrons. The minimum atomic E-state index is 0.186. The van der Waals surface area contributed by atoms with E-state index in [9.17, 15) is 4.79 Å². The molecule has 1 aliphatic rings. The summed E-state index contributed by atoms with van der Waals surface area (Å²) in [6, 6.07) is 13.7. The SMILES string of the molecule is CC(C)CC(=O)N1CCOc2ccc(COCc3ccc(Cl)cc3)cc2C1. The quantitative estimate of drug-likeness (QED) is 0.713. The minimum Gasteiger partial charge on any atom is -0.491 e. The van der Waals surface area contributed by atoms with Crippen LogP contribution < -0.4 is 4.74 Å². The molecule has 0 atom stereocenters. The first-order valence-electron chi connectivity index (χ1n) is 9.36. The van der Waals surface area contributed by atoms with E-state index in [2.05, 4.69) is 19.9 Å². The zero-order valence-corrected chi connectivity index (χ0v) is 16.7. The topological polar surface area (TPSA) is 38.8 Å². The first kappa shape index (κ1) is 19.7. The first-order valence-corrected chi connectivity index (χ1v) is 9.73. The summed E-state index contributed by atoms with van der Waals surface area (Å²) >= 11 is 5.90. The predicted octanol–water partition coefficient (Wildman–Crippen LogP) is 4.82. The molecule has 0 saturated carbocycles. The Labute approximate surface area is 166 Å². The molecule has 0 aromatic heterocycles. The molecule has 2 aromatic carbocycles. The molecule has 0 bridgehead atoms. The minimum absolute atomic E-state index is 0.186. The van der Waals surface area contributed by atoms with Gasteiger partial charge in [-0.1, -0.05) is 43.6 Å². The first-order chi connectivity index (χ1) is 13.0. The predicted molar refractivity (Wildman–Crippen MR) is 107 cm³/mol. The summed E-state index contributed by atoms with van der Waals surface area (Å²) in [4.78, 5) is 14.3. The van der Waals surface area contributed by atoms with Crippen LogP contribution >= 0.6 is 11.6 Å². The smallest absolute Gasteiger partial charge is 0.223 e. The van der Waals surface area contributed by atoms with E-state index in [0.29, 0.717) is 45.2 Å². The molecule has 1 aliphatic heterocycles.